The molecule has 0 rings (SSSR count). The van der Waals surface area contributed by atoms with Crippen LogP contribution >= 0.6 is 0 Å². The van der Waals surface area contributed by atoms with Crippen molar-refractivity contribution in [3.8, 4) is 0 Å². The molecule has 2 nitrogen and oxygen atoms in total. The van der Waals surface area contributed by atoms with Crippen LogP contribution in [0.5, 0.6) is 0 Å². The Kier molecular flexibility index (Phi) is 8.46. The predicted octanol–water partition coefficient (Wildman–Crippen LogP) is 1.87. The van der Waals surface area contributed by atoms with E-state index in [0.29, 0.717) is 0 Å². The number of nitrogens with one attached hydrogen (secondary N) is 2. The van der Waals surface area contributed by atoms with Crippen LogP contribution in [-0.4, -0.2) is 26.7 Å². The van der Waals surface area contributed by atoms with Crippen LogP contribution in [0.15, 0.2) is 0 Å². The van der Waals surface area contributed by atoms with Crippen LogP contribution < -0.4 is 10.6 Å². The summed E-state index contributed by atoms with van der Waals surface area (Å²) in [7, 11) is 2.03. The Bertz CT molecular complexity index is 102. The second kappa shape index (κ2) is 8.52. The van der Waals surface area contributed by atoms with Crippen LogP contribution in [0.4, 0.5) is 0 Å². The van der Waals surface area contributed by atoms with E-state index in [1.807, 2.05) is 7.05 Å². The van der Waals surface area contributed by atoms with Crippen molar-refractivity contribution in [1.82, 2.24) is 10.6 Å². The number of rotatable bonds is 8. The van der Waals surface area contributed by atoms with E-state index in [1.54, 1.807) is 0 Å². The van der Waals surface area contributed by atoms with Crippen molar-refractivity contribution in [1.29, 1.82) is 0 Å². The van der Waals surface area contributed by atoms with Gasteiger partial charge in [0.2, 0.25) is 0 Å². The predicted molar refractivity (Wildman–Crippen MR) is 60.0 cm³/mol. The fourth-order valence-corrected chi connectivity index (χ4v) is 1.39. The zero-order valence-corrected chi connectivity index (χ0v) is 9.69. The SMILES string of the molecule is CCCCNCC(CNC)C(C)C. The van der Waals surface area contributed by atoms with Crippen molar-refractivity contribution in [2.75, 3.05) is 26.7 Å². The van der Waals surface area contributed by atoms with E-state index < -0.39 is 0 Å². The monoisotopic (exact) mass is 186 g/mol. The molecule has 0 aromatic rings. The Labute approximate surface area is 83.5 Å². The maximum atomic E-state index is 3.51. The summed E-state index contributed by atoms with van der Waals surface area (Å²) in [5.41, 5.74) is 0. The second-order valence-electron chi connectivity index (χ2n) is 4.12. The molecule has 0 fully saturated rings. The summed E-state index contributed by atoms with van der Waals surface area (Å²) in [5.74, 6) is 1.53. The highest BCUT2D eigenvalue weighted by molar-refractivity contribution is 4.67. The van der Waals surface area contributed by atoms with E-state index in [1.165, 1.54) is 19.4 Å². The molecule has 1 unspecified atom stereocenters. The van der Waals surface area contributed by atoms with Gasteiger partial charge in [-0.1, -0.05) is 27.2 Å². The van der Waals surface area contributed by atoms with E-state index in [0.717, 1.165) is 24.9 Å². The van der Waals surface area contributed by atoms with Crippen LogP contribution in [0.3, 0.4) is 0 Å². The van der Waals surface area contributed by atoms with E-state index >= 15 is 0 Å². The first kappa shape index (κ1) is 12.9. The molecule has 13 heavy (non-hydrogen) atoms. The molecule has 2 N–H and O–H groups in total. The van der Waals surface area contributed by atoms with Gasteiger partial charge in [0, 0.05) is 0 Å². The maximum Gasteiger partial charge on any atom is -0.000593 e. The summed E-state index contributed by atoms with van der Waals surface area (Å²) in [5, 5.41) is 6.76. The van der Waals surface area contributed by atoms with Gasteiger partial charge in [-0.05, 0) is 44.9 Å². The third kappa shape index (κ3) is 7.03. The minimum absolute atomic E-state index is 0.765. The van der Waals surface area contributed by atoms with E-state index in [-0.39, 0.29) is 0 Å². The molecule has 0 amide bonds. The third-order valence-corrected chi connectivity index (χ3v) is 2.52. The summed E-state index contributed by atoms with van der Waals surface area (Å²) in [6.45, 7) is 10.3. The standard InChI is InChI=1S/C11H26N2/c1-5-6-7-13-9-11(8-12-4)10(2)3/h10-13H,5-9H2,1-4H3. The first-order valence-corrected chi connectivity index (χ1v) is 5.57. The van der Waals surface area contributed by atoms with Crippen LogP contribution in [0.25, 0.3) is 0 Å². The molecule has 0 heterocycles. The zero-order valence-electron chi connectivity index (χ0n) is 9.69. The van der Waals surface area contributed by atoms with Gasteiger partial charge in [0.25, 0.3) is 0 Å². The van der Waals surface area contributed by atoms with Crippen molar-refractivity contribution in [2.45, 2.75) is 33.6 Å². The largest absolute Gasteiger partial charge is 0.319 e. The highest BCUT2D eigenvalue weighted by Crippen LogP contribution is 2.07. The Balaban J connectivity index is 3.45. The first-order chi connectivity index (χ1) is 6.22. The van der Waals surface area contributed by atoms with E-state index in [2.05, 4.69) is 31.4 Å². The Morgan fingerprint density at radius 1 is 1.15 bits per heavy atom. The van der Waals surface area contributed by atoms with Gasteiger partial charge in [0.15, 0.2) is 0 Å². The molecule has 0 saturated heterocycles. The molecule has 80 valence electrons. The van der Waals surface area contributed by atoms with E-state index in [4.69, 9.17) is 0 Å². The summed E-state index contributed by atoms with van der Waals surface area (Å²) in [4.78, 5) is 0. The quantitative estimate of drug-likeness (QED) is 0.566. The fourth-order valence-electron chi connectivity index (χ4n) is 1.39. The molecule has 0 saturated carbocycles. The van der Waals surface area contributed by atoms with Crippen molar-refractivity contribution in [2.24, 2.45) is 11.8 Å². The summed E-state index contributed by atoms with van der Waals surface area (Å²) in [6, 6.07) is 0. The summed E-state index contributed by atoms with van der Waals surface area (Å²) >= 11 is 0. The van der Waals surface area contributed by atoms with Crippen LogP contribution in [0.2, 0.25) is 0 Å². The number of hydrogen-bond donors (Lipinski definition) is 2. The second-order valence-corrected chi connectivity index (χ2v) is 4.12. The molecule has 0 aliphatic rings. The molecule has 0 aromatic carbocycles. The van der Waals surface area contributed by atoms with Gasteiger partial charge in [-0.3, -0.25) is 0 Å². The fraction of sp³-hybridized carbons (Fsp3) is 1.00. The minimum Gasteiger partial charge on any atom is -0.319 e. The maximum absolute atomic E-state index is 3.51. The average molecular weight is 186 g/mol. The Hall–Kier alpha value is -0.0800. The summed E-state index contributed by atoms with van der Waals surface area (Å²) in [6.07, 6.45) is 2.58. The van der Waals surface area contributed by atoms with Crippen molar-refractivity contribution < 1.29 is 0 Å². The van der Waals surface area contributed by atoms with Gasteiger partial charge in [-0.25, -0.2) is 0 Å². The van der Waals surface area contributed by atoms with Gasteiger partial charge in [-0.2, -0.15) is 0 Å². The Morgan fingerprint density at radius 2 is 1.85 bits per heavy atom. The lowest BCUT2D eigenvalue weighted by Gasteiger charge is -2.20. The Morgan fingerprint density at radius 3 is 2.31 bits per heavy atom. The molecule has 0 bridgehead atoms. The molecular weight excluding hydrogens is 160 g/mol. The average Bonchev–Trinajstić information content (AvgIpc) is 2.10. The first-order valence-electron chi connectivity index (χ1n) is 5.57. The normalized spacial score (nSPS) is 13.6. The van der Waals surface area contributed by atoms with Gasteiger partial charge in [0.05, 0.1) is 0 Å². The molecule has 0 aliphatic heterocycles. The van der Waals surface area contributed by atoms with Crippen molar-refractivity contribution in [3.63, 3.8) is 0 Å². The number of unbranched alkanes of at least 4 members (excludes halogenated alkanes) is 1. The lowest BCUT2D eigenvalue weighted by atomic mass is 9.96. The molecule has 1 atom stereocenters. The number of hydrogen-bond acceptors (Lipinski definition) is 2. The van der Waals surface area contributed by atoms with Crippen LogP contribution in [0, 0.1) is 11.8 Å². The molecule has 0 spiro atoms. The zero-order chi connectivity index (χ0) is 10.1. The topological polar surface area (TPSA) is 24.1 Å². The minimum atomic E-state index is 0.765. The smallest absolute Gasteiger partial charge is 0.000593 e. The lowest BCUT2D eigenvalue weighted by Crippen LogP contribution is -2.33. The molecular formula is C11H26N2. The van der Waals surface area contributed by atoms with Gasteiger partial charge in [0.1, 0.15) is 0 Å². The molecule has 2 heteroatoms. The molecule has 0 aliphatic carbocycles. The van der Waals surface area contributed by atoms with Crippen LogP contribution in [-0.2, 0) is 0 Å². The summed E-state index contributed by atoms with van der Waals surface area (Å²) < 4.78 is 0. The molecule has 0 radical (unpaired) electrons. The van der Waals surface area contributed by atoms with E-state index in [9.17, 15) is 0 Å². The molecule has 0 aromatic heterocycles. The lowest BCUT2D eigenvalue weighted by molar-refractivity contribution is 0.352. The van der Waals surface area contributed by atoms with Gasteiger partial charge in [-0.15, -0.1) is 0 Å². The third-order valence-electron chi connectivity index (χ3n) is 2.52. The van der Waals surface area contributed by atoms with Crippen LogP contribution in [0.1, 0.15) is 33.6 Å². The highest BCUT2D eigenvalue weighted by Gasteiger charge is 2.10. The van der Waals surface area contributed by atoms with Gasteiger partial charge < -0.3 is 10.6 Å². The van der Waals surface area contributed by atoms with Crippen molar-refractivity contribution in [3.05, 3.63) is 0 Å². The van der Waals surface area contributed by atoms with Gasteiger partial charge >= 0.3 is 0 Å². The highest BCUT2D eigenvalue weighted by atomic mass is 14.9. The van der Waals surface area contributed by atoms with Crippen molar-refractivity contribution >= 4 is 0 Å².